The van der Waals surface area contributed by atoms with Gasteiger partial charge in [-0.15, -0.1) is 0 Å². The van der Waals surface area contributed by atoms with Crippen LogP contribution in [0, 0.1) is 0 Å². The van der Waals surface area contributed by atoms with E-state index in [9.17, 15) is 9.59 Å². The van der Waals surface area contributed by atoms with Crippen LogP contribution in [0.15, 0.2) is 42.5 Å². The SMILES string of the molecule is CN(Cc1ccc(Cl)cc1)C(=O)[C@H]1CCCN1C(=O)NC1CCCc2cc(Cl)ccc21. The maximum absolute atomic E-state index is 13.1. The summed E-state index contributed by atoms with van der Waals surface area (Å²) in [6, 6.07) is 12.7. The first-order chi connectivity index (χ1) is 14.9. The van der Waals surface area contributed by atoms with E-state index in [0.29, 0.717) is 24.5 Å². The molecule has 1 aliphatic carbocycles. The minimum atomic E-state index is -0.425. The molecule has 1 saturated heterocycles. The summed E-state index contributed by atoms with van der Waals surface area (Å²) in [6.45, 7) is 1.08. The lowest BCUT2D eigenvalue weighted by Crippen LogP contribution is -2.50. The molecule has 7 heteroatoms. The Hall–Kier alpha value is -2.24. The number of likely N-dealkylation sites (tertiary alicyclic amines) is 1. The van der Waals surface area contributed by atoms with Crippen LogP contribution in [0.3, 0.4) is 0 Å². The number of carbonyl (C=O) groups is 2. The average Bonchev–Trinajstić information content (AvgIpc) is 3.24. The second kappa shape index (κ2) is 9.49. The molecule has 0 saturated carbocycles. The second-order valence-corrected chi connectivity index (χ2v) is 9.28. The van der Waals surface area contributed by atoms with Crippen molar-refractivity contribution in [3.05, 3.63) is 69.2 Å². The molecule has 4 rings (SSSR count). The largest absolute Gasteiger partial charge is 0.340 e. The smallest absolute Gasteiger partial charge is 0.318 e. The number of nitrogens with zero attached hydrogens (tertiary/aromatic N) is 2. The van der Waals surface area contributed by atoms with Crippen molar-refractivity contribution < 1.29 is 9.59 Å². The molecule has 1 N–H and O–H groups in total. The van der Waals surface area contributed by atoms with Crippen molar-refractivity contribution in [3.63, 3.8) is 0 Å². The Morgan fingerprint density at radius 3 is 2.58 bits per heavy atom. The summed E-state index contributed by atoms with van der Waals surface area (Å²) in [5.41, 5.74) is 3.33. The highest BCUT2D eigenvalue weighted by Gasteiger charge is 2.36. The molecule has 31 heavy (non-hydrogen) atoms. The van der Waals surface area contributed by atoms with Gasteiger partial charge in [0.15, 0.2) is 0 Å². The Kier molecular flexibility index (Phi) is 6.73. The van der Waals surface area contributed by atoms with Gasteiger partial charge in [0.1, 0.15) is 6.04 Å². The molecule has 3 amide bonds. The number of halogens is 2. The Morgan fingerprint density at radius 1 is 1.06 bits per heavy atom. The lowest BCUT2D eigenvalue weighted by Gasteiger charge is -2.32. The van der Waals surface area contributed by atoms with Gasteiger partial charge in [-0.25, -0.2) is 4.79 Å². The molecule has 1 fully saturated rings. The van der Waals surface area contributed by atoms with Gasteiger partial charge in [0, 0.05) is 30.2 Å². The van der Waals surface area contributed by atoms with Gasteiger partial charge in [-0.3, -0.25) is 4.79 Å². The van der Waals surface area contributed by atoms with Crippen LogP contribution in [0.1, 0.15) is 48.4 Å². The molecule has 0 bridgehead atoms. The summed E-state index contributed by atoms with van der Waals surface area (Å²) in [4.78, 5) is 29.6. The van der Waals surface area contributed by atoms with Gasteiger partial charge in [-0.05, 0) is 73.1 Å². The maximum atomic E-state index is 13.1. The zero-order valence-corrected chi connectivity index (χ0v) is 19.1. The highest BCUT2D eigenvalue weighted by Crippen LogP contribution is 2.32. The van der Waals surface area contributed by atoms with Crippen molar-refractivity contribution >= 4 is 35.1 Å². The molecule has 2 aromatic carbocycles. The van der Waals surface area contributed by atoms with Gasteiger partial charge in [-0.1, -0.05) is 41.4 Å². The van der Waals surface area contributed by atoms with Gasteiger partial charge in [0.2, 0.25) is 5.91 Å². The van der Waals surface area contributed by atoms with Crippen LogP contribution in [0.4, 0.5) is 4.79 Å². The number of amides is 3. The maximum Gasteiger partial charge on any atom is 0.318 e. The number of hydrogen-bond acceptors (Lipinski definition) is 2. The normalized spacial score (nSPS) is 20.3. The van der Waals surface area contributed by atoms with E-state index >= 15 is 0 Å². The van der Waals surface area contributed by atoms with Crippen LogP contribution >= 0.6 is 23.2 Å². The summed E-state index contributed by atoms with van der Waals surface area (Å²) in [7, 11) is 1.78. The molecule has 5 nitrogen and oxygen atoms in total. The molecule has 0 spiro atoms. The zero-order valence-electron chi connectivity index (χ0n) is 17.6. The Morgan fingerprint density at radius 2 is 1.81 bits per heavy atom. The third-order valence-corrected chi connectivity index (χ3v) is 6.71. The molecular weight excluding hydrogens is 433 g/mol. The lowest BCUT2D eigenvalue weighted by atomic mass is 9.88. The quantitative estimate of drug-likeness (QED) is 0.682. The van der Waals surface area contributed by atoms with Crippen molar-refractivity contribution in [2.24, 2.45) is 0 Å². The number of carbonyl (C=O) groups excluding carboxylic acids is 2. The van der Waals surface area contributed by atoms with E-state index in [-0.39, 0.29) is 18.0 Å². The average molecular weight is 460 g/mol. The molecule has 0 aromatic heterocycles. The molecule has 1 heterocycles. The number of fused-ring (bicyclic) bond motifs is 1. The fourth-order valence-electron chi connectivity index (χ4n) is 4.63. The second-order valence-electron chi connectivity index (χ2n) is 8.41. The van der Waals surface area contributed by atoms with Gasteiger partial charge >= 0.3 is 6.03 Å². The van der Waals surface area contributed by atoms with Gasteiger partial charge in [0.25, 0.3) is 0 Å². The number of benzene rings is 2. The summed E-state index contributed by atoms with van der Waals surface area (Å²) < 4.78 is 0. The van der Waals surface area contributed by atoms with Crippen LogP contribution in [-0.4, -0.2) is 41.4 Å². The molecule has 0 radical (unpaired) electrons. The van der Waals surface area contributed by atoms with Crippen molar-refractivity contribution in [1.82, 2.24) is 15.1 Å². The van der Waals surface area contributed by atoms with Gasteiger partial charge in [0.05, 0.1) is 6.04 Å². The number of rotatable bonds is 4. The first-order valence-corrected chi connectivity index (χ1v) is 11.5. The minimum Gasteiger partial charge on any atom is -0.340 e. The number of aryl methyl sites for hydroxylation is 1. The fourth-order valence-corrected chi connectivity index (χ4v) is 4.95. The van der Waals surface area contributed by atoms with E-state index in [1.807, 2.05) is 42.5 Å². The molecule has 2 aromatic rings. The molecule has 1 unspecified atom stereocenters. The molecular formula is C24H27Cl2N3O2. The molecule has 2 atom stereocenters. The van der Waals surface area contributed by atoms with Crippen molar-refractivity contribution in [2.75, 3.05) is 13.6 Å². The predicted molar refractivity (Wildman–Crippen MR) is 123 cm³/mol. The van der Waals surface area contributed by atoms with E-state index in [1.165, 1.54) is 5.56 Å². The van der Waals surface area contributed by atoms with Gasteiger partial charge in [-0.2, -0.15) is 0 Å². The Labute approximate surface area is 193 Å². The van der Waals surface area contributed by atoms with Crippen molar-refractivity contribution in [2.45, 2.75) is 50.7 Å². The van der Waals surface area contributed by atoms with E-state index < -0.39 is 6.04 Å². The molecule has 2 aliphatic rings. The van der Waals surface area contributed by atoms with Crippen LogP contribution in [0.25, 0.3) is 0 Å². The zero-order chi connectivity index (χ0) is 22.0. The van der Waals surface area contributed by atoms with Crippen LogP contribution in [0.5, 0.6) is 0 Å². The van der Waals surface area contributed by atoms with Crippen LogP contribution < -0.4 is 5.32 Å². The van der Waals surface area contributed by atoms with E-state index in [1.54, 1.807) is 16.8 Å². The number of nitrogens with one attached hydrogen (secondary N) is 1. The Balaban J connectivity index is 1.41. The number of urea groups is 1. The monoisotopic (exact) mass is 459 g/mol. The fraction of sp³-hybridized carbons (Fsp3) is 0.417. The first kappa shape index (κ1) is 22.0. The first-order valence-electron chi connectivity index (χ1n) is 10.8. The van der Waals surface area contributed by atoms with Crippen LogP contribution in [0.2, 0.25) is 10.0 Å². The van der Waals surface area contributed by atoms with Crippen LogP contribution in [-0.2, 0) is 17.8 Å². The number of hydrogen-bond donors (Lipinski definition) is 1. The van der Waals surface area contributed by atoms with E-state index in [2.05, 4.69) is 5.32 Å². The van der Waals surface area contributed by atoms with E-state index in [0.717, 1.165) is 41.8 Å². The third-order valence-electron chi connectivity index (χ3n) is 6.23. The minimum absolute atomic E-state index is 0.0292. The molecule has 164 valence electrons. The van der Waals surface area contributed by atoms with Gasteiger partial charge < -0.3 is 15.1 Å². The highest BCUT2D eigenvalue weighted by atomic mass is 35.5. The summed E-state index contributed by atoms with van der Waals surface area (Å²) in [5.74, 6) is -0.0292. The summed E-state index contributed by atoms with van der Waals surface area (Å²) >= 11 is 12.1. The lowest BCUT2D eigenvalue weighted by molar-refractivity contribution is -0.134. The predicted octanol–water partition coefficient (Wildman–Crippen LogP) is 5.20. The van der Waals surface area contributed by atoms with E-state index in [4.69, 9.17) is 23.2 Å². The summed E-state index contributed by atoms with van der Waals surface area (Å²) in [5, 5.41) is 4.57. The summed E-state index contributed by atoms with van der Waals surface area (Å²) in [6.07, 6.45) is 4.39. The van der Waals surface area contributed by atoms with Crippen molar-refractivity contribution in [3.8, 4) is 0 Å². The standard InChI is InChI=1S/C24H27Cl2N3O2/c1-28(15-16-7-9-18(25)10-8-16)23(30)22-6-3-13-29(22)24(31)27-21-5-2-4-17-14-19(26)11-12-20(17)21/h7-12,14,21-22H,2-6,13,15H2,1H3,(H,27,31)/t21?,22-/m1/s1. The third kappa shape index (κ3) is 4.99. The molecule has 1 aliphatic heterocycles. The van der Waals surface area contributed by atoms with Crippen molar-refractivity contribution in [1.29, 1.82) is 0 Å². The number of likely N-dealkylation sites (N-methyl/N-ethyl adjacent to an activating group) is 1. The highest BCUT2D eigenvalue weighted by molar-refractivity contribution is 6.30. The Bertz CT molecular complexity index is 964. The topological polar surface area (TPSA) is 52.7 Å².